The molecule has 0 atom stereocenters. The van der Waals surface area contributed by atoms with Gasteiger partial charge in [0.25, 0.3) is 5.91 Å². The Bertz CT molecular complexity index is 600. The summed E-state index contributed by atoms with van der Waals surface area (Å²) in [5.74, 6) is -1.15. The normalized spacial score (nSPS) is 15.3. The first-order chi connectivity index (χ1) is 10.9. The number of methoxy groups -OCH3 is 1. The van der Waals surface area contributed by atoms with Gasteiger partial charge in [-0.25, -0.2) is 4.79 Å². The third-order valence-electron chi connectivity index (χ3n) is 4.29. The number of carbonyl (C=O) groups is 3. The fraction of sp³-hybridized carbons (Fsp3) is 0.562. The number of aryl methyl sites for hydroxylation is 1. The molecule has 1 fully saturated rings. The zero-order chi connectivity index (χ0) is 17.0. The van der Waals surface area contributed by atoms with Crippen LogP contribution in [0.5, 0.6) is 0 Å². The Balaban J connectivity index is 1.81. The Morgan fingerprint density at radius 2 is 1.87 bits per heavy atom. The van der Waals surface area contributed by atoms with Gasteiger partial charge < -0.3 is 18.9 Å². The average molecular weight is 322 g/mol. The maximum Gasteiger partial charge on any atom is 0.355 e. The summed E-state index contributed by atoms with van der Waals surface area (Å²) in [5.41, 5.74) is 1.35. The van der Waals surface area contributed by atoms with Crippen LogP contribution in [0.25, 0.3) is 0 Å². The van der Waals surface area contributed by atoms with E-state index in [1.54, 1.807) is 22.6 Å². The minimum Gasteiger partial charge on any atom is -0.469 e. The van der Waals surface area contributed by atoms with Gasteiger partial charge in [-0.05, 0) is 31.9 Å². The summed E-state index contributed by atoms with van der Waals surface area (Å²) in [6, 6.07) is 3.49. The summed E-state index contributed by atoms with van der Waals surface area (Å²) in [6.07, 6.45) is 1.15. The molecule has 1 aliphatic heterocycles. The summed E-state index contributed by atoms with van der Waals surface area (Å²) < 4.78 is 11.5. The largest absolute Gasteiger partial charge is 0.469 e. The van der Waals surface area contributed by atoms with E-state index in [1.807, 2.05) is 13.0 Å². The summed E-state index contributed by atoms with van der Waals surface area (Å²) >= 11 is 0. The highest BCUT2D eigenvalue weighted by molar-refractivity contribution is 5.90. The zero-order valence-corrected chi connectivity index (χ0v) is 13.7. The molecule has 7 nitrogen and oxygen atoms in total. The van der Waals surface area contributed by atoms with Gasteiger partial charge in [0.2, 0.25) is 0 Å². The number of ether oxygens (including phenoxy) is 2. The van der Waals surface area contributed by atoms with Crippen LogP contribution in [-0.4, -0.2) is 54.1 Å². The first-order valence-corrected chi connectivity index (χ1v) is 7.59. The molecule has 126 valence electrons. The second kappa shape index (κ2) is 7.30. The van der Waals surface area contributed by atoms with E-state index in [-0.39, 0.29) is 24.4 Å². The molecular weight excluding hydrogens is 300 g/mol. The van der Waals surface area contributed by atoms with E-state index >= 15 is 0 Å². The fourth-order valence-electron chi connectivity index (χ4n) is 2.64. The lowest BCUT2D eigenvalue weighted by Crippen LogP contribution is -2.42. The van der Waals surface area contributed by atoms with E-state index < -0.39 is 5.97 Å². The van der Waals surface area contributed by atoms with Crippen molar-refractivity contribution in [2.45, 2.75) is 19.8 Å². The highest BCUT2D eigenvalue weighted by Crippen LogP contribution is 2.18. The summed E-state index contributed by atoms with van der Waals surface area (Å²) in [4.78, 5) is 37.1. The van der Waals surface area contributed by atoms with Gasteiger partial charge >= 0.3 is 11.9 Å². The van der Waals surface area contributed by atoms with Crippen molar-refractivity contribution in [3.8, 4) is 0 Å². The van der Waals surface area contributed by atoms with Crippen LogP contribution >= 0.6 is 0 Å². The number of piperidine rings is 1. The highest BCUT2D eigenvalue weighted by Gasteiger charge is 2.28. The number of aromatic nitrogens is 1. The maximum absolute atomic E-state index is 12.1. The Morgan fingerprint density at radius 3 is 2.39 bits per heavy atom. The van der Waals surface area contributed by atoms with Gasteiger partial charge in [-0.2, -0.15) is 0 Å². The van der Waals surface area contributed by atoms with Crippen LogP contribution in [0.15, 0.2) is 12.1 Å². The number of esters is 2. The summed E-state index contributed by atoms with van der Waals surface area (Å²) in [6.45, 7) is 2.54. The number of hydrogen-bond acceptors (Lipinski definition) is 5. The van der Waals surface area contributed by atoms with Gasteiger partial charge in [0, 0.05) is 25.8 Å². The van der Waals surface area contributed by atoms with Crippen molar-refractivity contribution in [3.63, 3.8) is 0 Å². The second-order valence-electron chi connectivity index (χ2n) is 5.67. The monoisotopic (exact) mass is 322 g/mol. The number of carbonyl (C=O) groups excluding carboxylic acids is 3. The Hall–Kier alpha value is -2.31. The standard InChI is InChI=1S/C16H22N2O5/c1-11-4-5-13(17(11)2)16(21)23-10-14(19)18-8-6-12(7-9-18)15(20)22-3/h4-5,12H,6-10H2,1-3H3. The average Bonchev–Trinajstić information content (AvgIpc) is 2.91. The molecule has 0 saturated carbocycles. The second-order valence-corrected chi connectivity index (χ2v) is 5.67. The third kappa shape index (κ3) is 3.91. The molecule has 2 rings (SSSR count). The van der Waals surface area contributed by atoms with E-state index in [0.29, 0.717) is 31.6 Å². The van der Waals surface area contributed by atoms with E-state index in [2.05, 4.69) is 0 Å². The first kappa shape index (κ1) is 17.1. The molecule has 0 bridgehead atoms. The van der Waals surface area contributed by atoms with E-state index in [9.17, 15) is 14.4 Å². The molecule has 0 aliphatic carbocycles. The lowest BCUT2D eigenvalue weighted by Gasteiger charge is -2.30. The SMILES string of the molecule is COC(=O)C1CCN(C(=O)COC(=O)c2ccc(C)n2C)CC1. The van der Waals surface area contributed by atoms with Gasteiger partial charge in [0.1, 0.15) is 5.69 Å². The molecule has 1 aromatic rings. The smallest absolute Gasteiger partial charge is 0.355 e. The minimum atomic E-state index is -0.515. The van der Waals surface area contributed by atoms with Crippen LogP contribution in [-0.2, 0) is 26.1 Å². The molecule has 0 unspecified atom stereocenters. The van der Waals surface area contributed by atoms with Crippen LogP contribution in [0.4, 0.5) is 0 Å². The molecule has 1 aromatic heterocycles. The fourth-order valence-corrected chi connectivity index (χ4v) is 2.64. The van der Waals surface area contributed by atoms with Crippen LogP contribution < -0.4 is 0 Å². The van der Waals surface area contributed by atoms with Crippen molar-refractivity contribution < 1.29 is 23.9 Å². The number of rotatable bonds is 4. The van der Waals surface area contributed by atoms with Gasteiger partial charge in [-0.1, -0.05) is 0 Å². The maximum atomic E-state index is 12.1. The molecule has 1 amide bonds. The van der Waals surface area contributed by atoms with E-state index in [4.69, 9.17) is 9.47 Å². The quantitative estimate of drug-likeness (QED) is 0.770. The molecule has 1 aliphatic rings. The molecule has 7 heteroatoms. The molecule has 0 radical (unpaired) electrons. The van der Waals surface area contributed by atoms with Crippen molar-refractivity contribution in [2.24, 2.45) is 13.0 Å². The zero-order valence-electron chi connectivity index (χ0n) is 13.7. The van der Waals surface area contributed by atoms with Gasteiger partial charge in [-0.3, -0.25) is 9.59 Å². The van der Waals surface area contributed by atoms with Crippen molar-refractivity contribution in [3.05, 3.63) is 23.5 Å². The van der Waals surface area contributed by atoms with Crippen molar-refractivity contribution in [1.82, 2.24) is 9.47 Å². The number of hydrogen-bond donors (Lipinski definition) is 0. The number of likely N-dealkylation sites (tertiary alicyclic amines) is 1. The molecule has 0 spiro atoms. The Kier molecular flexibility index (Phi) is 5.41. The number of nitrogens with zero attached hydrogens (tertiary/aromatic N) is 2. The van der Waals surface area contributed by atoms with Crippen LogP contribution in [0, 0.1) is 12.8 Å². The van der Waals surface area contributed by atoms with Crippen molar-refractivity contribution in [2.75, 3.05) is 26.8 Å². The summed E-state index contributed by atoms with van der Waals surface area (Å²) in [7, 11) is 3.13. The molecule has 0 aromatic carbocycles. The predicted molar refractivity (Wildman–Crippen MR) is 81.8 cm³/mol. The van der Waals surface area contributed by atoms with Crippen LogP contribution in [0.2, 0.25) is 0 Å². The van der Waals surface area contributed by atoms with Crippen molar-refractivity contribution >= 4 is 17.8 Å². The van der Waals surface area contributed by atoms with Crippen LogP contribution in [0.3, 0.4) is 0 Å². The molecule has 23 heavy (non-hydrogen) atoms. The highest BCUT2D eigenvalue weighted by atomic mass is 16.5. The first-order valence-electron chi connectivity index (χ1n) is 7.59. The molecule has 0 N–H and O–H groups in total. The van der Waals surface area contributed by atoms with Crippen molar-refractivity contribution in [1.29, 1.82) is 0 Å². The molecular formula is C16H22N2O5. The van der Waals surface area contributed by atoms with Crippen LogP contribution in [0.1, 0.15) is 29.0 Å². The van der Waals surface area contributed by atoms with Gasteiger partial charge in [-0.15, -0.1) is 0 Å². The Morgan fingerprint density at radius 1 is 1.22 bits per heavy atom. The molecule has 2 heterocycles. The minimum absolute atomic E-state index is 0.155. The topological polar surface area (TPSA) is 77.8 Å². The lowest BCUT2D eigenvalue weighted by molar-refractivity contribution is -0.149. The predicted octanol–water partition coefficient (Wildman–Crippen LogP) is 0.902. The number of amides is 1. The third-order valence-corrected chi connectivity index (χ3v) is 4.29. The van der Waals surface area contributed by atoms with E-state index in [1.165, 1.54) is 7.11 Å². The van der Waals surface area contributed by atoms with Gasteiger partial charge in [0.15, 0.2) is 6.61 Å². The van der Waals surface area contributed by atoms with E-state index in [0.717, 1.165) is 5.69 Å². The van der Waals surface area contributed by atoms with Gasteiger partial charge in [0.05, 0.1) is 13.0 Å². The summed E-state index contributed by atoms with van der Waals surface area (Å²) in [5, 5.41) is 0. The Labute approximate surface area is 135 Å². The molecule has 1 saturated heterocycles. The lowest BCUT2D eigenvalue weighted by atomic mass is 9.97.